The van der Waals surface area contributed by atoms with Crippen molar-refractivity contribution in [3.8, 4) is 0 Å². The van der Waals surface area contributed by atoms with Gasteiger partial charge >= 0.3 is 0 Å². The number of aliphatic hydroxyl groups is 7. The Balaban J connectivity index is 2.16. The lowest BCUT2D eigenvalue weighted by molar-refractivity contribution is -0.345. The van der Waals surface area contributed by atoms with Gasteiger partial charge in [0.15, 0.2) is 12.6 Å². The Hall–Kier alpha value is -0.930. The number of hydrogen-bond acceptors (Lipinski definition) is 11. The molecule has 2 aliphatic rings. The maximum atomic E-state index is 11.2. The molecule has 2 saturated heterocycles. The summed E-state index contributed by atoms with van der Waals surface area (Å²) in [7, 11) is 0. The van der Waals surface area contributed by atoms with Crippen molar-refractivity contribution in [1.82, 2.24) is 5.32 Å². The minimum Gasteiger partial charge on any atom is -0.394 e. The highest BCUT2D eigenvalue weighted by Gasteiger charge is 2.50. The lowest BCUT2D eigenvalue weighted by atomic mass is 9.95. The number of carbonyl (C=O) groups excluding carboxylic acids is 1. The molecular weight excluding hydrogens is 358 g/mol. The van der Waals surface area contributed by atoms with Crippen LogP contribution in [0.15, 0.2) is 0 Å². The van der Waals surface area contributed by atoms with Crippen molar-refractivity contribution in [3.05, 3.63) is 0 Å². The molecule has 4 unspecified atom stereocenters. The van der Waals surface area contributed by atoms with Gasteiger partial charge in [0.1, 0.15) is 48.8 Å². The fourth-order valence-corrected chi connectivity index (χ4v) is 2.98. The van der Waals surface area contributed by atoms with E-state index in [0.717, 1.165) is 6.92 Å². The maximum Gasteiger partial charge on any atom is 0.217 e. The number of ether oxygens (including phenoxy) is 3. The van der Waals surface area contributed by atoms with Gasteiger partial charge in [0.25, 0.3) is 0 Å². The zero-order valence-electron chi connectivity index (χ0n) is 14.0. The number of carbonyl (C=O) groups is 1. The fraction of sp³-hybridized carbons (Fsp3) is 0.929. The van der Waals surface area contributed by atoms with E-state index < -0.39 is 80.5 Å². The molecule has 2 rings (SSSR count). The highest BCUT2D eigenvalue weighted by molar-refractivity contribution is 5.73. The van der Waals surface area contributed by atoms with Crippen molar-refractivity contribution in [2.75, 3.05) is 13.2 Å². The monoisotopic (exact) mass is 383 g/mol. The third-order valence-electron chi connectivity index (χ3n) is 4.38. The zero-order valence-corrected chi connectivity index (χ0v) is 14.0. The van der Waals surface area contributed by atoms with Crippen LogP contribution in [-0.4, -0.2) is 116 Å². The lowest BCUT2D eigenvalue weighted by Gasteiger charge is -2.46. The van der Waals surface area contributed by atoms with E-state index in [1.807, 2.05) is 0 Å². The van der Waals surface area contributed by atoms with Gasteiger partial charge in [-0.05, 0) is 0 Å². The van der Waals surface area contributed by atoms with Crippen LogP contribution in [0.1, 0.15) is 6.92 Å². The Morgan fingerprint density at radius 2 is 1.54 bits per heavy atom. The van der Waals surface area contributed by atoms with E-state index >= 15 is 0 Å². The predicted molar refractivity (Wildman–Crippen MR) is 80.2 cm³/mol. The molecule has 0 aromatic carbocycles. The summed E-state index contributed by atoms with van der Waals surface area (Å²) in [5, 5.41) is 70.7. The molecule has 26 heavy (non-hydrogen) atoms. The average molecular weight is 383 g/mol. The van der Waals surface area contributed by atoms with Crippen molar-refractivity contribution >= 4 is 5.91 Å². The van der Waals surface area contributed by atoms with E-state index in [9.17, 15) is 40.5 Å². The molecule has 0 bridgehead atoms. The van der Waals surface area contributed by atoms with E-state index in [0.29, 0.717) is 0 Å². The third kappa shape index (κ3) is 4.31. The summed E-state index contributed by atoms with van der Waals surface area (Å²) in [6.45, 7) is -0.195. The molecule has 0 aromatic heterocycles. The summed E-state index contributed by atoms with van der Waals surface area (Å²) in [4.78, 5) is 11.2. The molecule has 1 amide bonds. The third-order valence-corrected chi connectivity index (χ3v) is 4.38. The van der Waals surface area contributed by atoms with E-state index in [4.69, 9.17) is 14.2 Å². The molecule has 2 heterocycles. The second-order valence-corrected chi connectivity index (χ2v) is 6.26. The van der Waals surface area contributed by atoms with E-state index in [1.54, 1.807) is 0 Å². The Morgan fingerprint density at radius 1 is 0.923 bits per heavy atom. The highest BCUT2D eigenvalue weighted by Crippen LogP contribution is 2.28. The molecule has 2 fully saturated rings. The van der Waals surface area contributed by atoms with Crippen molar-refractivity contribution in [3.63, 3.8) is 0 Å². The van der Waals surface area contributed by atoms with Crippen LogP contribution < -0.4 is 5.32 Å². The molecular formula is C14H25NO11. The molecule has 0 aliphatic carbocycles. The van der Waals surface area contributed by atoms with Crippen LogP contribution in [0, 0.1) is 0 Å². The van der Waals surface area contributed by atoms with Crippen LogP contribution in [0.2, 0.25) is 0 Å². The van der Waals surface area contributed by atoms with Gasteiger partial charge < -0.3 is 55.3 Å². The molecule has 152 valence electrons. The molecule has 0 aromatic rings. The van der Waals surface area contributed by atoms with Gasteiger partial charge in [-0.15, -0.1) is 0 Å². The first-order valence-electron chi connectivity index (χ1n) is 8.06. The first-order chi connectivity index (χ1) is 12.2. The van der Waals surface area contributed by atoms with Crippen LogP contribution >= 0.6 is 0 Å². The average Bonchev–Trinajstić information content (AvgIpc) is 2.60. The highest BCUT2D eigenvalue weighted by atomic mass is 16.7. The van der Waals surface area contributed by atoms with Gasteiger partial charge in [0.2, 0.25) is 5.91 Å². The van der Waals surface area contributed by atoms with Crippen molar-refractivity contribution < 1.29 is 54.8 Å². The van der Waals surface area contributed by atoms with Crippen LogP contribution in [0.5, 0.6) is 0 Å². The number of aliphatic hydroxyl groups excluding tert-OH is 7. The Morgan fingerprint density at radius 3 is 2.08 bits per heavy atom. The summed E-state index contributed by atoms with van der Waals surface area (Å²) < 4.78 is 15.7. The number of hydrogen-bond donors (Lipinski definition) is 8. The Bertz CT molecular complexity index is 478. The van der Waals surface area contributed by atoms with Crippen LogP contribution in [0.25, 0.3) is 0 Å². The Labute approximate surface area is 148 Å². The predicted octanol–water partition coefficient (Wildman–Crippen LogP) is -5.25. The lowest BCUT2D eigenvalue weighted by Crippen LogP contribution is -2.67. The van der Waals surface area contributed by atoms with Crippen LogP contribution in [-0.2, 0) is 19.0 Å². The summed E-state index contributed by atoms with van der Waals surface area (Å²) in [6.07, 6.45) is -13.6. The number of nitrogens with one attached hydrogen (secondary N) is 1. The molecule has 0 saturated carbocycles. The summed E-state index contributed by atoms with van der Waals surface area (Å²) in [6, 6.07) is -1.29. The minimum absolute atomic E-state index is 0.564. The zero-order chi connectivity index (χ0) is 19.6. The van der Waals surface area contributed by atoms with Crippen molar-refractivity contribution in [2.45, 2.75) is 68.3 Å². The number of amides is 1. The molecule has 12 nitrogen and oxygen atoms in total. The van der Waals surface area contributed by atoms with Crippen LogP contribution in [0.3, 0.4) is 0 Å². The minimum atomic E-state index is -1.73. The fourth-order valence-electron chi connectivity index (χ4n) is 2.98. The Kier molecular flexibility index (Phi) is 7.27. The molecule has 8 N–H and O–H groups in total. The second kappa shape index (κ2) is 8.84. The normalized spacial score (nSPS) is 46.8. The van der Waals surface area contributed by atoms with Gasteiger partial charge in [0.05, 0.1) is 13.2 Å². The summed E-state index contributed by atoms with van der Waals surface area (Å²) in [5.41, 5.74) is 0. The van der Waals surface area contributed by atoms with Crippen LogP contribution in [0.4, 0.5) is 0 Å². The second-order valence-electron chi connectivity index (χ2n) is 6.26. The van der Waals surface area contributed by atoms with Gasteiger partial charge in [-0.3, -0.25) is 4.79 Å². The maximum absolute atomic E-state index is 11.2. The molecule has 0 spiro atoms. The standard InChI is InChI=1S/C14H25NO11/c1-4(18)15-7-9(20)12(6(3-17)24-13(7)23)26-14-11(22)10(21)8(19)5(2-16)25-14/h5-14,16-17,19-23H,2-3H2,1H3,(H,15,18)/t5?,6?,7-,8-,9?,10?,11-,12+,13+,14-/m0/s1. The van der Waals surface area contributed by atoms with E-state index in [-0.39, 0.29) is 0 Å². The van der Waals surface area contributed by atoms with Crippen molar-refractivity contribution in [2.24, 2.45) is 0 Å². The number of rotatable bonds is 5. The first kappa shape index (κ1) is 21.4. The van der Waals surface area contributed by atoms with Gasteiger partial charge in [-0.2, -0.15) is 0 Å². The molecule has 2 aliphatic heterocycles. The quantitative estimate of drug-likeness (QED) is 0.226. The summed E-state index contributed by atoms with van der Waals surface area (Å²) >= 11 is 0. The van der Waals surface area contributed by atoms with Crippen molar-refractivity contribution in [1.29, 1.82) is 0 Å². The van der Waals surface area contributed by atoms with Gasteiger partial charge in [-0.25, -0.2) is 0 Å². The smallest absolute Gasteiger partial charge is 0.217 e. The molecule has 0 radical (unpaired) electrons. The van der Waals surface area contributed by atoms with E-state index in [2.05, 4.69) is 5.32 Å². The largest absolute Gasteiger partial charge is 0.394 e. The molecule has 10 atom stereocenters. The molecule has 12 heteroatoms. The van der Waals surface area contributed by atoms with Gasteiger partial charge in [-0.1, -0.05) is 0 Å². The first-order valence-corrected chi connectivity index (χ1v) is 8.06. The topological polar surface area (TPSA) is 198 Å². The summed E-state index contributed by atoms with van der Waals surface area (Å²) in [5.74, 6) is -0.564. The van der Waals surface area contributed by atoms with E-state index in [1.165, 1.54) is 0 Å². The SMILES string of the molecule is CC(=O)N[C@H]1C(O)[C@H](O[C@@H]2OC(CO)[C@H](O)C(O)[C@@H]2O)C(CO)O[C@H]1O. The van der Waals surface area contributed by atoms with Gasteiger partial charge in [0, 0.05) is 6.92 Å².